The molecule has 1 nitrogen and oxygen atoms in total. The van der Waals surface area contributed by atoms with Crippen LogP contribution in [-0.2, 0) is 6.42 Å². The van der Waals surface area contributed by atoms with E-state index in [1.54, 1.807) is 0 Å². The molecule has 0 radical (unpaired) electrons. The van der Waals surface area contributed by atoms with Gasteiger partial charge in [0.15, 0.2) is 0 Å². The van der Waals surface area contributed by atoms with Gasteiger partial charge in [-0.15, -0.1) is 11.3 Å². The van der Waals surface area contributed by atoms with Crippen molar-refractivity contribution in [2.24, 2.45) is 0 Å². The molecule has 0 bridgehead atoms. The first-order valence-corrected chi connectivity index (χ1v) is 3.70. The topological polar surface area (TPSA) is 30.0 Å². The van der Waals surface area contributed by atoms with Gasteiger partial charge >= 0.3 is 51.4 Å². The Hall–Kier alpha value is 1.65. The van der Waals surface area contributed by atoms with Gasteiger partial charge in [0.25, 0.3) is 0 Å². The first-order valence-electron chi connectivity index (χ1n) is 2.88. The van der Waals surface area contributed by atoms with E-state index in [0.29, 0.717) is 0 Å². The summed E-state index contributed by atoms with van der Waals surface area (Å²) >= 11 is 1.89. The van der Waals surface area contributed by atoms with Gasteiger partial charge in [-0.05, 0) is 25.5 Å². The van der Waals surface area contributed by atoms with E-state index in [2.05, 4.69) is 26.0 Å². The molecule has 0 amide bonds. The molecule has 0 unspecified atom stereocenters. The van der Waals surface area contributed by atoms with Crippen molar-refractivity contribution >= 4 is 24.8 Å². The summed E-state index contributed by atoms with van der Waals surface area (Å²) in [5, 5.41) is 0. The molecule has 0 fully saturated rings. The summed E-state index contributed by atoms with van der Waals surface area (Å²) in [6, 6.07) is 4.36. The van der Waals surface area contributed by atoms with Crippen molar-refractivity contribution in [2.45, 2.75) is 20.3 Å². The minimum atomic E-state index is 0. The molecule has 0 aliphatic heterocycles. The molecule has 0 saturated heterocycles. The molecule has 1 aromatic rings. The van der Waals surface area contributed by atoms with Crippen molar-refractivity contribution in [3.05, 3.63) is 21.9 Å². The zero-order chi connectivity index (χ0) is 5.98. The van der Waals surface area contributed by atoms with E-state index in [9.17, 15) is 0 Å². The van der Waals surface area contributed by atoms with Crippen LogP contribution in [-0.4, -0.2) is 5.48 Å². The molecule has 1 N–H and O–H groups in total. The maximum atomic E-state index is 2.19. The van der Waals surface area contributed by atoms with Gasteiger partial charge in [0.1, 0.15) is 0 Å². The van der Waals surface area contributed by atoms with Crippen molar-refractivity contribution in [1.29, 1.82) is 0 Å². The molecule has 1 rings (SSSR count). The van der Waals surface area contributed by atoms with E-state index in [1.165, 1.54) is 16.2 Å². The Kier molecular flexibility index (Phi) is 16.3. The van der Waals surface area contributed by atoms with Crippen molar-refractivity contribution in [3.8, 4) is 0 Å². The zero-order valence-electron chi connectivity index (χ0n) is 7.22. The monoisotopic (exact) mass is 218 g/mol. The van der Waals surface area contributed by atoms with Crippen LogP contribution >= 0.6 is 24.8 Å². The van der Waals surface area contributed by atoms with Crippen LogP contribution in [0.2, 0.25) is 0 Å². The Morgan fingerprint density at radius 3 is 2.18 bits per heavy atom. The Morgan fingerprint density at radius 2 is 2.00 bits per heavy atom. The summed E-state index contributed by atoms with van der Waals surface area (Å²) in [5.74, 6) is 0. The Balaban J connectivity index is -0.0000000800. The van der Waals surface area contributed by atoms with Crippen molar-refractivity contribution in [3.63, 3.8) is 0 Å². The number of thiophene rings is 1. The Morgan fingerprint density at radius 1 is 1.45 bits per heavy atom. The second kappa shape index (κ2) is 9.73. The van der Waals surface area contributed by atoms with E-state index in [0.717, 1.165) is 0 Å². The van der Waals surface area contributed by atoms with Crippen molar-refractivity contribution < 1.29 is 58.3 Å². The molecule has 0 spiro atoms. The molecule has 1 aromatic heterocycles. The van der Waals surface area contributed by atoms with Gasteiger partial charge in [0.2, 0.25) is 0 Å². The van der Waals surface area contributed by atoms with E-state index in [4.69, 9.17) is 0 Å². The second-order valence-corrected chi connectivity index (χ2v) is 3.24. The smallest absolute Gasteiger partial charge is 0.870 e. The molecule has 0 aliphatic carbocycles. The van der Waals surface area contributed by atoms with Crippen LogP contribution in [0.15, 0.2) is 12.1 Å². The van der Waals surface area contributed by atoms with Crippen LogP contribution in [0.3, 0.4) is 0 Å². The van der Waals surface area contributed by atoms with E-state index < -0.39 is 0 Å². The van der Waals surface area contributed by atoms with Crippen LogP contribution in [0.4, 0.5) is 0 Å². The van der Waals surface area contributed by atoms with Crippen LogP contribution in [0, 0.1) is 6.92 Å². The average Bonchev–Trinajstić information content (AvgIpc) is 2.14. The normalized spacial score (nSPS) is 7.09. The number of hydrogen-bond donors (Lipinski definition) is 0. The van der Waals surface area contributed by atoms with Gasteiger partial charge in [-0.3, -0.25) is 0 Å². The van der Waals surface area contributed by atoms with Crippen molar-refractivity contribution in [2.75, 3.05) is 0 Å². The van der Waals surface area contributed by atoms with Crippen LogP contribution in [0.25, 0.3) is 0 Å². The molecule has 0 atom stereocenters. The quantitative estimate of drug-likeness (QED) is 0.601. The minimum Gasteiger partial charge on any atom is -0.870 e. The fourth-order valence-electron chi connectivity index (χ4n) is 0.675. The molecular weight excluding hydrogens is 203 g/mol. The molecule has 0 saturated carbocycles. The van der Waals surface area contributed by atoms with Crippen LogP contribution in [0.1, 0.15) is 18.1 Å². The van der Waals surface area contributed by atoms with E-state index in [-0.39, 0.29) is 71.8 Å². The maximum Gasteiger partial charge on any atom is 1.00 e. The average molecular weight is 218 g/mol. The Labute approximate surface area is 123 Å². The fourth-order valence-corrected chi connectivity index (χ4v) is 1.51. The first-order chi connectivity index (χ1) is 3.83. The summed E-state index contributed by atoms with van der Waals surface area (Å²) in [6.07, 6.45) is 1.18. The zero-order valence-corrected chi connectivity index (χ0v) is 12.2. The summed E-state index contributed by atoms with van der Waals surface area (Å²) in [5.41, 5.74) is 0. The third-order valence-corrected chi connectivity index (χ3v) is 2.29. The van der Waals surface area contributed by atoms with Gasteiger partial charge in [-0.2, -0.15) is 13.5 Å². The fraction of sp³-hybridized carbons (Fsp3) is 0.429. The van der Waals surface area contributed by atoms with Gasteiger partial charge in [0, 0.05) is 11.2 Å². The first kappa shape index (κ1) is 18.4. The summed E-state index contributed by atoms with van der Waals surface area (Å²) in [4.78, 5) is 2.91. The molecule has 0 aromatic carbocycles. The summed E-state index contributed by atoms with van der Waals surface area (Å²) in [6.45, 7) is 4.33. The standard InChI is InChI=1S/C7H10S.K.H2O.H2S.H2/c1-3-7-5-4-6(2)8-7;;;;/h4-5H,3H2,1-2H3;;2*1H2;1H/q;+1;;;/p-1. The minimum absolute atomic E-state index is 0. The molecule has 4 heteroatoms. The molecule has 62 valence electrons. The van der Waals surface area contributed by atoms with E-state index in [1.807, 2.05) is 11.3 Å². The molecule has 1 heterocycles. The molecule has 0 aliphatic rings. The van der Waals surface area contributed by atoms with Gasteiger partial charge in [0.05, 0.1) is 0 Å². The summed E-state index contributed by atoms with van der Waals surface area (Å²) in [7, 11) is 0. The third kappa shape index (κ3) is 6.78. The molecular formula is C7H15KOS2. The van der Waals surface area contributed by atoms with Gasteiger partial charge in [-0.1, -0.05) is 6.92 Å². The van der Waals surface area contributed by atoms with Gasteiger partial charge in [-0.25, -0.2) is 0 Å². The van der Waals surface area contributed by atoms with Crippen molar-refractivity contribution in [1.82, 2.24) is 0 Å². The largest absolute Gasteiger partial charge is 1.00 e. The van der Waals surface area contributed by atoms with Crippen LogP contribution in [0.5, 0.6) is 0 Å². The summed E-state index contributed by atoms with van der Waals surface area (Å²) < 4.78 is 0. The number of aryl methyl sites for hydroxylation is 2. The third-order valence-electron chi connectivity index (χ3n) is 1.14. The van der Waals surface area contributed by atoms with E-state index >= 15 is 0 Å². The number of hydrogen-bond acceptors (Lipinski definition) is 2. The van der Waals surface area contributed by atoms with Crippen LogP contribution < -0.4 is 51.4 Å². The number of rotatable bonds is 1. The Bertz CT molecular complexity index is 182. The van der Waals surface area contributed by atoms with Gasteiger partial charge < -0.3 is 5.48 Å². The SMILES string of the molecule is CCc1ccc(C)s1.S.[HH].[K+].[OH-]. The predicted octanol–water partition coefficient (Wildman–Crippen LogP) is -0.195. The molecule has 11 heavy (non-hydrogen) atoms. The predicted molar refractivity (Wildman–Crippen MR) is 52.9 cm³/mol. The second-order valence-electron chi connectivity index (χ2n) is 1.87. The maximum absolute atomic E-state index is 2.19.